The quantitative estimate of drug-likeness (QED) is 0.724. The maximum Gasteiger partial charge on any atom is 0.169 e. The van der Waals surface area contributed by atoms with Gasteiger partial charge in [0.1, 0.15) is 0 Å². The molecule has 4 nitrogen and oxygen atoms in total. The van der Waals surface area contributed by atoms with Crippen molar-refractivity contribution in [3.05, 3.63) is 53.5 Å². The average molecular weight is 326 g/mol. The van der Waals surface area contributed by atoms with Crippen molar-refractivity contribution in [3.63, 3.8) is 0 Å². The Hall–Kier alpha value is -2.24. The number of aliphatic hydroxyl groups excluding tert-OH is 1. The molecule has 3 rings (SSSR count). The fourth-order valence-corrected chi connectivity index (χ4v) is 3.30. The summed E-state index contributed by atoms with van der Waals surface area (Å²) in [5.41, 5.74) is 2.96. The molecule has 0 saturated heterocycles. The Balaban J connectivity index is 1.90. The van der Waals surface area contributed by atoms with Crippen molar-refractivity contribution in [2.24, 2.45) is 0 Å². The highest BCUT2D eigenvalue weighted by Gasteiger charge is 2.09. The largest absolute Gasteiger partial charge is 0.391 e. The van der Waals surface area contributed by atoms with Crippen LogP contribution < -0.4 is 0 Å². The van der Waals surface area contributed by atoms with Crippen molar-refractivity contribution >= 4 is 17.1 Å². The van der Waals surface area contributed by atoms with Gasteiger partial charge < -0.3 is 5.11 Å². The van der Waals surface area contributed by atoms with Gasteiger partial charge in [-0.1, -0.05) is 18.2 Å². The number of carbonyl (C=O) groups is 1. The summed E-state index contributed by atoms with van der Waals surface area (Å²) in [5, 5.41) is 13.9. The Morgan fingerprint density at radius 2 is 2.04 bits per heavy atom. The van der Waals surface area contributed by atoms with Gasteiger partial charge in [0.2, 0.25) is 0 Å². The molecular formula is C18H18N2O2S. The highest BCUT2D eigenvalue weighted by atomic mass is 32.1. The predicted molar refractivity (Wildman–Crippen MR) is 92.7 cm³/mol. The Labute approximate surface area is 139 Å². The molecule has 0 fully saturated rings. The molecule has 0 amide bonds. The van der Waals surface area contributed by atoms with Crippen LogP contribution in [-0.4, -0.2) is 26.8 Å². The van der Waals surface area contributed by atoms with Gasteiger partial charge in [-0.15, -0.1) is 11.3 Å². The van der Waals surface area contributed by atoms with Crippen LogP contribution in [-0.2, 0) is 6.54 Å². The first-order valence-electron chi connectivity index (χ1n) is 7.46. The Morgan fingerprint density at radius 3 is 2.74 bits per heavy atom. The summed E-state index contributed by atoms with van der Waals surface area (Å²) in [6.07, 6.45) is 1.44. The predicted octanol–water partition coefficient (Wildman–Crippen LogP) is 3.86. The fourth-order valence-electron chi connectivity index (χ4n) is 2.40. The molecule has 2 aromatic heterocycles. The van der Waals surface area contributed by atoms with Crippen molar-refractivity contribution in [2.75, 3.05) is 0 Å². The van der Waals surface area contributed by atoms with Gasteiger partial charge in [0.15, 0.2) is 5.78 Å². The summed E-state index contributed by atoms with van der Waals surface area (Å²) in [7, 11) is 0. The van der Waals surface area contributed by atoms with Gasteiger partial charge in [-0.2, -0.15) is 5.10 Å². The number of nitrogens with zero attached hydrogens (tertiary/aromatic N) is 2. The topological polar surface area (TPSA) is 55.1 Å². The molecule has 5 heteroatoms. The lowest BCUT2D eigenvalue weighted by Crippen LogP contribution is -2.11. The Morgan fingerprint density at radius 1 is 1.26 bits per heavy atom. The van der Waals surface area contributed by atoms with Gasteiger partial charge in [-0.25, -0.2) is 0 Å². The highest BCUT2D eigenvalue weighted by Crippen LogP contribution is 2.31. The van der Waals surface area contributed by atoms with Crippen LogP contribution >= 0.6 is 11.3 Å². The maximum atomic E-state index is 11.4. The van der Waals surface area contributed by atoms with E-state index in [0.717, 1.165) is 26.6 Å². The van der Waals surface area contributed by atoms with E-state index in [2.05, 4.69) is 11.2 Å². The number of benzene rings is 1. The van der Waals surface area contributed by atoms with E-state index in [9.17, 15) is 9.90 Å². The molecule has 2 heterocycles. The number of aliphatic hydroxyl groups is 1. The van der Waals surface area contributed by atoms with Crippen LogP contribution in [0, 0.1) is 0 Å². The van der Waals surface area contributed by atoms with E-state index in [1.807, 2.05) is 42.6 Å². The number of hydrogen-bond acceptors (Lipinski definition) is 4. The summed E-state index contributed by atoms with van der Waals surface area (Å²) in [6.45, 7) is 3.80. The second-order valence-corrected chi connectivity index (χ2v) is 6.66. The van der Waals surface area contributed by atoms with Crippen molar-refractivity contribution in [1.29, 1.82) is 0 Å². The minimum atomic E-state index is -0.426. The lowest BCUT2D eigenvalue weighted by atomic mass is 10.1. The van der Waals surface area contributed by atoms with Crippen LogP contribution in [0.25, 0.3) is 21.7 Å². The van der Waals surface area contributed by atoms with Gasteiger partial charge >= 0.3 is 0 Å². The molecule has 0 saturated carbocycles. The number of ketones is 1. The van der Waals surface area contributed by atoms with E-state index in [-0.39, 0.29) is 5.78 Å². The second kappa shape index (κ2) is 6.48. The zero-order valence-electron chi connectivity index (χ0n) is 13.1. The molecule has 0 radical (unpaired) electrons. The molecule has 23 heavy (non-hydrogen) atoms. The third kappa shape index (κ3) is 3.57. The summed E-state index contributed by atoms with van der Waals surface area (Å²) in [4.78, 5) is 13.3. The molecular weight excluding hydrogens is 308 g/mol. The maximum absolute atomic E-state index is 11.4. The summed E-state index contributed by atoms with van der Waals surface area (Å²) < 4.78 is 1.74. The second-order valence-electron chi connectivity index (χ2n) is 5.57. The first kappa shape index (κ1) is 15.6. The van der Waals surface area contributed by atoms with Gasteiger partial charge in [0, 0.05) is 16.6 Å². The first-order chi connectivity index (χ1) is 11.0. The van der Waals surface area contributed by atoms with Crippen LogP contribution in [0.4, 0.5) is 0 Å². The fraction of sp³-hybridized carbons (Fsp3) is 0.222. The molecule has 118 valence electrons. The molecule has 0 bridgehead atoms. The van der Waals surface area contributed by atoms with E-state index >= 15 is 0 Å². The van der Waals surface area contributed by atoms with E-state index in [1.165, 1.54) is 11.3 Å². The lowest BCUT2D eigenvalue weighted by molar-refractivity contribution is 0.102. The molecule has 1 atom stereocenters. The third-order valence-electron chi connectivity index (χ3n) is 3.49. The monoisotopic (exact) mass is 326 g/mol. The number of hydrogen-bond donors (Lipinski definition) is 1. The third-order valence-corrected chi connectivity index (χ3v) is 4.72. The van der Waals surface area contributed by atoms with E-state index in [1.54, 1.807) is 18.5 Å². The van der Waals surface area contributed by atoms with Crippen molar-refractivity contribution in [1.82, 2.24) is 9.78 Å². The Kier molecular flexibility index (Phi) is 4.41. The van der Waals surface area contributed by atoms with Gasteiger partial charge in [0.05, 0.1) is 23.2 Å². The number of Topliss-reactive ketones (excluding diaryl/α,β-unsaturated/α-hetero) is 1. The minimum absolute atomic E-state index is 0.0919. The standard InChI is InChI=1S/C18H18N2O2S/c1-12(21)11-20-9-8-16(19-20)14-4-3-5-15(10-14)18-7-6-17(23-18)13(2)22/h3-10,12,21H,11H2,1-2H3/t12-/m0/s1. The SMILES string of the molecule is CC(=O)c1ccc(-c2cccc(-c3ccn(C[C@H](C)O)n3)c2)s1. The molecule has 0 unspecified atom stereocenters. The zero-order valence-corrected chi connectivity index (χ0v) is 13.9. The number of rotatable bonds is 5. The molecule has 0 aliphatic carbocycles. The van der Waals surface area contributed by atoms with E-state index < -0.39 is 6.10 Å². The molecule has 1 aromatic carbocycles. The molecule has 1 N–H and O–H groups in total. The van der Waals surface area contributed by atoms with Gasteiger partial charge in [-0.3, -0.25) is 9.48 Å². The van der Waals surface area contributed by atoms with Crippen LogP contribution in [0.5, 0.6) is 0 Å². The van der Waals surface area contributed by atoms with Crippen LogP contribution in [0.2, 0.25) is 0 Å². The van der Waals surface area contributed by atoms with Crippen LogP contribution in [0.15, 0.2) is 48.7 Å². The number of carbonyl (C=O) groups excluding carboxylic acids is 1. The van der Waals surface area contributed by atoms with Gasteiger partial charge in [-0.05, 0) is 43.7 Å². The molecule has 3 aromatic rings. The average Bonchev–Trinajstić information content (AvgIpc) is 3.16. The number of aromatic nitrogens is 2. The highest BCUT2D eigenvalue weighted by molar-refractivity contribution is 7.17. The first-order valence-corrected chi connectivity index (χ1v) is 8.27. The van der Waals surface area contributed by atoms with Crippen molar-refractivity contribution < 1.29 is 9.90 Å². The molecule has 0 aliphatic rings. The zero-order chi connectivity index (χ0) is 16.4. The van der Waals surface area contributed by atoms with Crippen molar-refractivity contribution in [2.45, 2.75) is 26.5 Å². The summed E-state index contributed by atoms with van der Waals surface area (Å²) in [5.74, 6) is 0.0919. The molecule has 0 spiro atoms. The van der Waals surface area contributed by atoms with E-state index in [0.29, 0.717) is 6.54 Å². The molecule has 0 aliphatic heterocycles. The summed E-state index contributed by atoms with van der Waals surface area (Å²) >= 11 is 1.50. The smallest absolute Gasteiger partial charge is 0.169 e. The van der Waals surface area contributed by atoms with Crippen LogP contribution in [0.3, 0.4) is 0 Å². The van der Waals surface area contributed by atoms with Crippen molar-refractivity contribution in [3.8, 4) is 21.7 Å². The van der Waals surface area contributed by atoms with Gasteiger partial charge in [0.25, 0.3) is 0 Å². The van der Waals surface area contributed by atoms with E-state index in [4.69, 9.17) is 0 Å². The number of thiophene rings is 1. The minimum Gasteiger partial charge on any atom is -0.391 e. The Bertz CT molecular complexity index is 833. The van der Waals surface area contributed by atoms with Crippen LogP contribution in [0.1, 0.15) is 23.5 Å². The normalized spacial score (nSPS) is 12.3. The lowest BCUT2D eigenvalue weighted by Gasteiger charge is -2.04. The summed E-state index contributed by atoms with van der Waals surface area (Å²) in [6, 6.07) is 13.9.